The number of rotatable bonds is 4. The third kappa shape index (κ3) is 2.86. The first kappa shape index (κ1) is 13.8. The van der Waals surface area contributed by atoms with Gasteiger partial charge in [0.15, 0.2) is 6.10 Å². The first-order valence-corrected chi connectivity index (χ1v) is 5.97. The number of fused-ring (bicyclic) bond motifs is 1. The van der Waals surface area contributed by atoms with Gasteiger partial charge in [-0.3, -0.25) is 4.98 Å². The highest BCUT2D eigenvalue weighted by atomic mass is 19.4. The fraction of sp³-hybridized carbons (Fsp3) is 0.500. The number of hydrogen-bond donors (Lipinski definition) is 1. The molecule has 104 valence electrons. The minimum absolute atomic E-state index is 0.231. The fourth-order valence-corrected chi connectivity index (χ4v) is 1.95. The number of aliphatic hydroxyl groups is 1. The number of aryl methyl sites for hydroxylation is 1. The van der Waals surface area contributed by atoms with Crippen LogP contribution < -0.4 is 0 Å². The predicted molar refractivity (Wildman–Crippen MR) is 63.6 cm³/mol. The summed E-state index contributed by atoms with van der Waals surface area (Å²) in [6.07, 6.45) is -3.73. The molecule has 2 heterocycles. The van der Waals surface area contributed by atoms with E-state index in [0.717, 1.165) is 11.9 Å². The van der Waals surface area contributed by atoms with Crippen molar-refractivity contribution in [2.75, 3.05) is 0 Å². The molecule has 19 heavy (non-hydrogen) atoms. The lowest BCUT2D eigenvalue weighted by Crippen LogP contribution is -2.31. The maximum absolute atomic E-state index is 12.4. The Labute approximate surface area is 107 Å². The van der Waals surface area contributed by atoms with Gasteiger partial charge in [0.05, 0.1) is 11.7 Å². The molecule has 0 fully saturated rings. The largest absolute Gasteiger partial charge is 0.414 e. The number of aliphatic hydroxyl groups excluding tert-OH is 1. The number of imidazole rings is 1. The van der Waals surface area contributed by atoms with Crippen LogP contribution in [-0.4, -0.2) is 31.9 Å². The second-order valence-corrected chi connectivity index (χ2v) is 4.31. The van der Waals surface area contributed by atoms with Crippen LogP contribution in [0.4, 0.5) is 13.2 Å². The molecule has 0 aliphatic heterocycles. The Morgan fingerprint density at radius 2 is 2.16 bits per heavy atom. The summed E-state index contributed by atoms with van der Waals surface area (Å²) in [6, 6.07) is 1.71. The average molecular weight is 273 g/mol. The van der Waals surface area contributed by atoms with E-state index in [-0.39, 0.29) is 5.82 Å². The normalized spacial score (nSPS) is 13.9. The van der Waals surface area contributed by atoms with Crippen LogP contribution in [-0.2, 0) is 13.0 Å². The van der Waals surface area contributed by atoms with Crippen LogP contribution in [0.5, 0.6) is 0 Å². The second-order valence-electron chi connectivity index (χ2n) is 4.31. The number of alkyl halides is 3. The molecular weight excluding hydrogens is 259 g/mol. The van der Waals surface area contributed by atoms with E-state index in [1.165, 1.54) is 6.20 Å². The van der Waals surface area contributed by atoms with Crippen molar-refractivity contribution in [3.8, 4) is 0 Å². The average Bonchev–Trinajstić information content (AvgIpc) is 2.67. The third-order valence-electron chi connectivity index (χ3n) is 2.83. The zero-order chi connectivity index (χ0) is 14.0. The Bertz CT molecular complexity index is 565. The van der Waals surface area contributed by atoms with E-state index in [1.54, 1.807) is 16.8 Å². The highest BCUT2D eigenvalue weighted by molar-refractivity contribution is 5.74. The molecule has 0 aromatic carbocycles. The van der Waals surface area contributed by atoms with Gasteiger partial charge >= 0.3 is 6.18 Å². The molecule has 2 aromatic heterocycles. The van der Waals surface area contributed by atoms with Crippen molar-refractivity contribution < 1.29 is 18.3 Å². The molecule has 1 atom stereocenters. The molecular formula is C12H14F3N3O. The molecule has 0 bridgehead atoms. The zero-order valence-electron chi connectivity index (χ0n) is 10.4. The van der Waals surface area contributed by atoms with Gasteiger partial charge in [0, 0.05) is 19.2 Å². The number of pyridine rings is 1. The van der Waals surface area contributed by atoms with E-state index in [2.05, 4.69) is 9.97 Å². The second kappa shape index (κ2) is 5.16. The lowest BCUT2D eigenvalue weighted by atomic mass is 10.2. The summed E-state index contributed by atoms with van der Waals surface area (Å²) in [5.74, 6) is 0.231. The Kier molecular flexibility index (Phi) is 3.75. The lowest BCUT2D eigenvalue weighted by molar-refractivity contribution is -0.203. The molecule has 0 aliphatic carbocycles. The Morgan fingerprint density at radius 3 is 2.79 bits per heavy atom. The van der Waals surface area contributed by atoms with E-state index in [0.29, 0.717) is 12.1 Å². The minimum atomic E-state index is -4.63. The summed E-state index contributed by atoms with van der Waals surface area (Å²) in [4.78, 5) is 8.02. The van der Waals surface area contributed by atoms with Gasteiger partial charge in [0.1, 0.15) is 11.3 Å². The van der Waals surface area contributed by atoms with Crippen LogP contribution in [0.1, 0.15) is 19.2 Å². The summed E-state index contributed by atoms with van der Waals surface area (Å²) < 4.78 is 38.9. The van der Waals surface area contributed by atoms with Crippen LogP contribution in [0, 0.1) is 0 Å². The van der Waals surface area contributed by atoms with Gasteiger partial charge in [-0.25, -0.2) is 4.98 Å². The molecule has 7 heteroatoms. The Balaban J connectivity index is 2.39. The first-order chi connectivity index (χ1) is 8.93. The SMILES string of the molecule is CCCn1c(CC(O)C(F)(F)F)nc2cnccc21. The third-order valence-corrected chi connectivity index (χ3v) is 2.83. The monoisotopic (exact) mass is 273 g/mol. The topological polar surface area (TPSA) is 50.9 Å². The van der Waals surface area contributed by atoms with Gasteiger partial charge in [-0.1, -0.05) is 6.92 Å². The molecule has 2 aromatic rings. The number of halogens is 3. The van der Waals surface area contributed by atoms with Crippen molar-refractivity contribution in [2.45, 2.75) is 38.6 Å². The number of nitrogens with zero attached hydrogens (tertiary/aromatic N) is 3. The quantitative estimate of drug-likeness (QED) is 0.930. The summed E-state index contributed by atoms with van der Waals surface area (Å²) in [5, 5.41) is 9.16. The van der Waals surface area contributed by atoms with Gasteiger partial charge in [0.25, 0.3) is 0 Å². The van der Waals surface area contributed by atoms with E-state index < -0.39 is 18.7 Å². The summed E-state index contributed by atoms with van der Waals surface area (Å²) >= 11 is 0. The van der Waals surface area contributed by atoms with E-state index in [4.69, 9.17) is 5.11 Å². The van der Waals surface area contributed by atoms with Crippen LogP contribution in [0.25, 0.3) is 11.0 Å². The smallest absolute Gasteiger partial charge is 0.383 e. The van der Waals surface area contributed by atoms with E-state index in [9.17, 15) is 13.2 Å². The van der Waals surface area contributed by atoms with E-state index >= 15 is 0 Å². The maximum atomic E-state index is 12.4. The summed E-state index contributed by atoms with van der Waals surface area (Å²) in [7, 11) is 0. The first-order valence-electron chi connectivity index (χ1n) is 5.97. The summed E-state index contributed by atoms with van der Waals surface area (Å²) in [6.45, 7) is 2.48. The van der Waals surface area contributed by atoms with Crippen LogP contribution >= 0.6 is 0 Å². The minimum Gasteiger partial charge on any atom is -0.383 e. The Morgan fingerprint density at radius 1 is 1.42 bits per heavy atom. The molecule has 0 amide bonds. The number of hydrogen-bond acceptors (Lipinski definition) is 3. The molecule has 2 rings (SSSR count). The van der Waals surface area contributed by atoms with E-state index in [1.807, 2.05) is 6.92 Å². The Hall–Kier alpha value is -1.63. The standard InChI is InChI=1S/C12H14F3N3O/c1-2-5-18-9-3-4-16-7-8(9)17-11(18)6-10(19)12(13,14)15/h3-4,7,10,19H,2,5-6H2,1H3. The molecule has 0 aliphatic rings. The van der Waals surface area contributed by atoms with Gasteiger partial charge in [-0.2, -0.15) is 13.2 Å². The zero-order valence-corrected chi connectivity index (χ0v) is 10.4. The molecule has 4 nitrogen and oxygen atoms in total. The van der Waals surface area contributed by atoms with Crippen LogP contribution in [0.2, 0.25) is 0 Å². The van der Waals surface area contributed by atoms with Crippen LogP contribution in [0.15, 0.2) is 18.5 Å². The highest BCUT2D eigenvalue weighted by Gasteiger charge is 2.39. The molecule has 0 saturated carbocycles. The van der Waals surface area contributed by atoms with Crippen LogP contribution in [0.3, 0.4) is 0 Å². The maximum Gasteiger partial charge on any atom is 0.414 e. The van der Waals surface area contributed by atoms with Gasteiger partial charge in [-0.05, 0) is 12.5 Å². The summed E-state index contributed by atoms with van der Waals surface area (Å²) in [5.41, 5.74) is 1.28. The van der Waals surface area contributed by atoms with Crippen molar-refractivity contribution in [3.63, 3.8) is 0 Å². The van der Waals surface area contributed by atoms with Crippen molar-refractivity contribution in [3.05, 3.63) is 24.3 Å². The molecule has 0 saturated heterocycles. The van der Waals surface area contributed by atoms with Crippen molar-refractivity contribution in [1.82, 2.24) is 14.5 Å². The number of aromatic nitrogens is 3. The molecule has 0 spiro atoms. The van der Waals surface area contributed by atoms with Gasteiger partial charge in [0.2, 0.25) is 0 Å². The predicted octanol–water partition coefficient (Wildman–Crippen LogP) is 2.31. The van der Waals surface area contributed by atoms with Crippen molar-refractivity contribution in [2.24, 2.45) is 0 Å². The van der Waals surface area contributed by atoms with Crippen molar-refractivity contribution in [1.29, 1.82) is 0 Å². The van der Waals surface area contributed by atoms with Gasteiger partial charge < -0.3 is 9.67 Å². The molecule has 1 N–H and O–H groups in total. The molecule has 1 unspecified atom stereocenters. The van der Waals surface area contributed by atoms with Gasteiger partial charge in [-0.15, -0.1) is 0 Å². The molecule has 0 radical (unpaired) electrons. The lowest BCUT2D eigenvalue weighted by Gasteiger charge is -2.15. The fourth-order valence-electron chi connectivity index (χ4n) is 1.95. The van der Waals surface area contributed by atoms with Crippen molar-refractivity contribution >= 4 is 11.0 Å². The highest BCUT2D eigenvalue weighted by Crippen LogP contribution is 2.24.